The second-order valence-corrected chi connectivity index (χ2v) is 6.75. The maximum atomic E-state index is 12.4. The molecule has 2 aliphatic rings. The molecule has 0 radical (unpaired) electrons. The maximum absolute atomic E-state index is 12.4. The number of ether oxygens (including phenoxy) is 1. The van der Waals surface area contributed by atoms with Crippen LogP contribution in [0.4, 0.5) is 0 Å². The Morgan fingerprint density at radius 3 is 2.58 bits per heavy atom. The van der Waals surface area contributed by atoms with Gasteiger partial charge in [0.15, 0.2) is 0 Å². The Bertz CT molecular complexity index is 818. The molecular weight excluding hydrogens is 304 g/mol. The van der Waals surface area contributed by atoms with Crippen LogP contribution in [0.25, 0.3) is 11.0 Å². The van der Waals surface area contributed by atoms with E-state index in [0.717, 1.165) is 63.0 Å². The summed E-state index contributed by atoms with van der Waals surface area (Å²) in [6.45, 7) is 3.77. The number of aromatic nitrogens is 2. The zero-order chi connectivity index (χ0) is 16.5. The minimum Gasteiger partial charge on any atom is -0.381 e. The van der Waals surface area contributed by atoms with Crippen LogP contribution in [-0.4, -0.2) is 46.8 Å². The lowest BCUT2D eigenvalue weighted by Crippen LogP contribution is -2.45. The third kappa shape index (κ3) is 2.74. The van der Waals surface area contributed by atoms with Crippen LogP contribution in [0.1, 0.15) is 37.3 Å². The van der Waals surface area contributed by atoms with E-state index in [1.54, 1.807) is 6.07 Å². The number of nitrogens with zero attached hydrogens (tertiary/aromatic N) is 3. The van der Waals surface area contributed by atoms with Crippen LogP contribution >= 0.6 is 0 Å². The van der Waals surface area contributed by atoms with Gasteiger partial charge in [-0.15, -0.1) is 0 Å². The second-order valence-electron chi connectivity index (χ2n) is 6.75. The first-order valence-electron chi connectivity index (χ1n) is 8.72. The van der Waals surface area contributed by atoms with Gasteiger partial charge >= 0.3 is 5.69 Å². The Morgan fingerprint density at radius 2 is 1.88 bits per heavy atom. The van der Waals surface area contributed by atoms with Crippen LogP contribution in [0.2, 0.25) is 0 Å². The molecule has 0 aliphatic carbocycles. The number of H-pyrrole nitrogens is 1. The fourth-order valence-electron chi connectivity index (χ4n) is 4.11. The summed E-state index contributed by atoms with van der Waals surface area (Å²) >= 11 is 0. The van der Waals surface area contributed by atoms with E-state index in [9.17, 15) is 4.79 Å². The number of hydrogen-bond donors (Lipinski definition) is 1. The topological polar surface area (TPSA) is 74.0 Å². The highest BCUT2D eigenvalue weighted by Gasteiger charge is 2.28. The van der Waals surface area contributed by atoms with Crippen molar-refractivity contribution in [2.24, 2.45) is 0 Å². The Hall–Kier alpha value is -2.10. The van der Waals surface area contributed by atoms with Crippen molar-refractivity contribution in [3.8, 4) is 6.07 Å². The molecule has 0 atom stereocenters. The Morgan fingerprint density at radius 1 is 1.12 bits per heavy atom. The molecule has 3 heterocycles. The average molecular weight is 326 g/mol. The van der Waals surface area contributed by atoms with E-state index < -0.39 is 0 Å². The summed E-state index contributed by atoms with van der Waals surface area (Å²) in [5.41, 5.74) is 2.19. The van der Waals surface area contributed by atoms with E-state index in [1.807, 2.05) is 16.7 Å². The van der Waals surface area contributed by atoms with Crippen LogP contribution in [0.3, 0.4) is 0 Å². The Balaban J connectivity index is 1.55. The van der Waals surface area contributed by atoms with E-state index in [4.69, 9.17) is 10.00 Å². The third-order valence-electron chi connectivity index (χ3n) is 5.42. The van der Waals surface area contributed by atoms with Crippen LogP contribution in [0, 0.1) is 11.3 Å². The summed E-state index contributed by atoms with van der Waals surface area (Å²) < 4.78 is 7.31. The van der Waals surface area contributed by atoms with Crippen LogP contribution < -0.4 is 5.69 Å². The number of imidazole rings is 1. The minimum absolute atomic E-state index is 0.0652. The standard InChI is InChI=1S/C18H22N4O2/c19-12-13-1-2-16-17(11-13)22(18(23)20-16)15-3-7-21(8-4-15)14-5-9-24-10-6-14/h1-2,11,14-15H,3-10H2,(H,20,23). The molecule has 0 saturated carbocycles. The predicted octanol–water partition coefficient (Wildman–Crippen LogP) is 2.02. The van der Waals surface area contributed by atoms with E-state index in [0.29, 0.717) is 11.6 Å². The van der Waals surface area contributed by atoms with Gasteiger partial charge in [0.1, 0.15) is 0 Å². The molecule has 0 bridgehead atoms. The van der Waals surface area contributed by atoms with E-state index in [1.165, 1.54) is 0 Å². The summed E-state index contributed by atoms with van der Waals surface area (Å²) in [6.07, 6.45) is 4.18. The number of fused-ring (bicyclic) bond motifs is 1. The smallest absolute Gasteiger partial charge is 0.326 e. The zero-order valence-corrected chi connectivity index (χ0v) is 13.7. The first kappa shape index (κ1) is 15.4. The highest BCUT2D eigenvalue weighted by atomic mass is 16.5. The van der Waals surface area contributed by atoms with Gasteiger partial charge in [0, 0.05) is 38.4 Å². The Labute approximate surface area is 140 Å². The molecule has 6 heteroatoms. The summed E-state index contributed by atoms with van der Waals surface area (Å²) in [4.78, 5) is 17.9. The fraction of sp³-hybridized carbons (Fsp3) is 0.556. The highest BCUT2D eigenvalue weighted by molar-refractivity contribution is 5.77. The Kier molecular flexibility index (Phi) is 4.13. The summed E-state index contributed by atoms with van der Waals surface area (Å²) in [7, 11) is 0. The molecule has 1 aromatic carbocycles. The normalized spacial score (nSPS) is 21.1. The second kappa shape index (κ2) is 6.42. The van der Waals surface area contributed by atoms with Gasteiger partial charge in [0.05, 0.1) is 22.7 Å². The van der Waals surface area contributed by atoms with Crippen molar-refractivity contribution in [3.05, 3.63) is 34.2 Å². The van der Waals surface area contributed by atoms with Crippen molar-refractivity contribution >= 4 is 11.0 Å². The van der Waals surface area contributed by atoms with Crippen molar-refractivity contribution in [2.45, 2.75) is 37.8 Å². The lowest BCUT2D eigenvalue weighted by Gasteiger charge is -2.39. The quantitative estimate of drug-likeness (QED) is 0.916. The molecule has 0 amide bonds. The average Bonchev–Trinajstić information content (AvgIpc) is 2.97. The van der Waals surface area contributed by atoms with Gasteiger partial charge in [-0.25, -0.2) is 4.79 Å². The molecule has 2 fully saturated rings. The molecular formula is C18H22N4O2. The van der Waals surface area contributed by atoms with E-state index in [2.05, 4.69) is 16.0 Å². The fourth-order valence-corrected chi connectivity index (χ4v) is 4.11. The maximum Gasteiger partial charge on any atom is 0.326 e. The van der Waals surface area contributed by atoms with Crippen LogP contribution in [-0.2, 0) is 4.74 Å². The van der Waals surface area contributed by atoms with Crippen molar-refractivity contribution < 1.29 is 4.74 Å². The summed E-state index contributed by atoms with van der Waals surface area (Å²) in [5, 5.41) is 9.12. The van der Waals surface area contributed by atoms with Crippen LogP contribution in [0.5, 0.6) is 0 Å². The minimum atomic E-state index is -0.0652. The monoisotopic (exact) mass is 326 g/mol. The van der Waals surface area contributed by atoms with E-state index >= 15 is 0 Å². The molecule has 1 N–H and O–H groups in total. The van der Waals surface area contributed by atoms with Crippen molar-refractivity contribution in [3.63, 3.8) is 0 Å². The van der Waals surface area contributed by atoms with Gasteiger partial charge in [-0.1, -0.05) is 0 Å². The first-order valence-corrected chi connectivity index (χ1v) is 8.72. The molecule has 24 heavy (non-hydrogen) atoms. The number of rotatable bonds is 2. The number of benzene rings is 1. The van der Waals surface area contributed by atoms with Gasteiger partial charge in [-0.3, -0.25) is 4.57 Å². The molecule has 1 aromatic heterocycles. The summed E-state index contributed by atoms with van der Waals surface area (Å²) in [5.74, 6) is 0. The third-order valence-corrected chi connectivity index (χ3v) is 5.42. The molecule has 126 valence electrons. The van der Waals surface area contributed by atoms with Crippen molar-refractivity contribution in [2.75, 3.05) is 26.3 Å². The lowest BCUT2D eigenvalue weighted by atomic mass is 9.99. The van der Waals surface area contributed by atoms with E-state index in [-0.39, 0.29) is 11.7 Å². The van der Waals surface area contributed by atoms with Gasteiger partial charge in [-0.2, -0.15) is 5.26 Å². The number of likely N-dealkylation sites (tertiary alicyclic amines) is 1. The predicted molar refractivity (Wildman–Crippen MR) is 91.0 cm³/mol. The molecule has 2 aliphatic heterocycles. The van der Waals surface area contributed by atoms with Gasteiger partial charge in [0.2, 0.25) is 0 Å². The lowest BCUT2D eigenvalue weighted by molar-refractivity contribution is 0.0220. The highest BCUT2D eigenvalue weighted by Crippen LogP contribution is 2.28. The summed E-state index contributed by atoms with van der Waals surface area (Å²) in [6, 6.07) is 8.38. The molecule has 2 aromatic rings. The number of nitriles is 1. The number of hydrogen-bond acceptors (Lipinski definition) is 4. The SMILES string of the molecule is N#Cc1ccc2[nH]c(=O)n(C3CCN(C4CCOCC4)CC3)c2c1. The molecule has 6 nitrogen and oxygen atoms in total. The molecule has 4 rings (SSSR count). The van der Waals surface area contributed by atoms with Crippen molar-refractivity contribution in [1.29, 1.82) is 5.26 Å². The zero-order valence-electron chi connectivity index (χ0n) is 13.7. The first-order chi connectivity index (χ1) is 11.8. The van der Waals surface area contributed by atoms with Gasteiger partial charge in [-0.05, 0) is 43.9 Å². The van der Waals surface area contributed by atoms with Crippen molar-refractivity contribution in [1.82, 2.24) is 14.5 Å². The van der Waals surface area contributed by atoms with Gasteiger partial charge in [0.25, 0.3) is 0 Å². The molecule has 0 spiro atoms. The molecule has 0 unspecified atom stereocenters. The van der Waals surface area contributed by atoms with Gasteiger partial charge < -0.3 is 14.6 Å². The largest absolute Gasteiger partial charge is 0.381 e. The number of aromatic amines is 1. The molecule has 2 saturated heterocycles. The number of piperidine rings is 1. The number of nitrogens with one attached hydrogen (secondary N) is 1. The van der Waals surface area contributed by atoms with Crippen LogP contribution in [0.15, 0.2) is 23.0 Å².